The fraction of sp³-hybridized carbons (Fsp3) is 0.562. The van der Waals surface area contributed by atoms with Gasteiger partial charge in [-0.25, -0.2) is 4.98 Å². The summed E-state index contributed by atoms with van der Waals surface area (Å²) < 4.78 is 2.20. The molecule has 0 radical (unpaired) electrons. The van der Waals surface area contributed by atoms with Crippen LogP contribution in [0.15, 0.2) is 24.4 Å². The molecule has 0 N–H and O–H groups in total. The van der Waals surface area contributed by atoms with Gasteiger partial charge in [-0.2, -0.15) is 0 Å². The molecule has 20 heavy (non-hydrogen) atoms. The van der Waals surface area contributed by atoms with Gasteiger partial charge in [-0.3, -0.25) is 0 Å². The molecule has 2 aromatic heterocycles. The van der Waals surface area contributed by atoms with E-state index in [0.29, 0.717) is 0 Å². The average Bonchev–Trinajstić information content (AvgIpc) is 2.87. The molecule has 2 aromatic rings. The topological polar surface area (TPSA) is 20.5 Å². The van der Waals surface area contributed by atoms with Crippen LogP contribution in [-0.2, 0) is 5.33 Å². The van der Waals surface area contributed by atoms with Crippen molar-refractivity contribution in [3.8, 4) is 0 Å². The zero-order valence-corrected chi connectivity index (χ0v) is 13.6. The van der Waals surface area contributed by atoms with E-state index in [1.807, 2.05) is 0 Å². The Labute approximate surface area is 129 Å². The summed E-state index contributed by atoms with van der Waals surface area (Å²) in [5, 5.41) is 0.850. The molecule has 3 heterocycles. The zero-order valence-electron chi connectivity index (χ0n) is 12.1. The Hall–Kier alpha value is -1.03. The van der Waals surface area contributed by atoms with Crippen LogP contribution in [0.25, 0.3) is 5.65 Å². The lowest BCUT2D eigenvalue weighted by Gasteiger charge is -2.32. The monoisotopic (exact) mass is 335 g/mol. The van der Waals surface area contributed by atoms with Crippen molar-refractivity contribution in [3.63, 3.8) is 0 Å². The molecule has 0 aromatic carbocycles. The van der Waals surface area contributed by atoms with Crippen molar-refractivity contribution in [1.82, 2.24) is 9.38 Å². The lowest BCUT2D eigenvalue weighted by atomic mass is 9.92. The Morgan fingerprint density at radius 2 is 2.10 bits per heavy atom. The largest absolute Gasteiger partial charge is 0.355 e. The first-order valence-electron chi connectivity index (χ1n) is 7.60. The van der Waals surface area contributed by atoms with E-state index in [4.69, 9.17) is 4.98 Å². The third-order valence-corrected chi connectivity index (χ3v) is 4.88. The molecule has 0 spiro atoms. The fourth-order valence-corrected chi connectivity index (χ4v) is 3.77. The number of pyridine rings is 1. The summed E-state index contributed by atoms with van der Waals surface area (Å²) in [6.45, 7) is 4.58. The van der Waals surface area contributed by atoms with Crippen LogP contribution in [-0.4, -0.2) is 22.5 Å². The number of alkyl halides is 1. The van der Waals surface area contributed by atoms with Gasteiger partial charge in [0.1, 0.15) is 5.65 Å². The highest BCUT2D eigenvalue weighted by Crippen LogP contribution is 2.29. The highest BCUT2D eigenvalue weighted by Gasteiger charge is 2.23. The van der Waals surface area contributed by atoms with Gasteiger partial charge >= 0.3 is 0 Å². The summed E-state index contributed by atoms with van der Waals surface area (Å²) in [5.74, 6) is 2.09. The van der Waals surface area contributed by atoms with Gasteiger partial charge in [-0.15, -0.1) is 0 Å². The van der Waals surface area contributed by atoms with Crippen LogP contribution in [0.2, 0.25) is 0 Å². The number of aromatic nitrogens is 2. The van der Waals surface area contributed by atoms with E-state index in [1.54, 1.807) is 0 Å². The molecule has 0 saturated carbocycles. The van der Waals surface area contributed by atoms with Crippen LogP contribution >= 0.6 is 15.9 Å². The summed E-state index contributed by atoms with van der Waals surface area (Å²) in [5.41, 5.74) is 2.32. The lowest BCUT2D eigenvalue weighted by Crippen LogP contribution is -2.34. The Bertz CT molecular complexity index is 570. The highest BCUT2D eigenvalue weighted by atomic mass is 79.9. The quantitative estimate of drug-likeness (QED) is 0.778. The fourth-order valence-electron chi connectivity index (χ4n) is 3.25. The first-order chi connectivity index (χ1) is 9.83. The summed E-state index contributed by atoms with van der Waals surface area (Å²) >= 11 is 3.62. The predicted molar refractivity (Wildman–Crippen MR) is 87.7 cm³/mol. The van der Waals surface area contributed by atoms with Crippen LogP contribution in [0, 0.1) is 5.92 Å². The van der Waals surface area contributed by atoms with Crippen LogP contribution in [0.4, 0.5) is 5.82 Å². The minimum atomic E-state index is 0.850. The maximum absolute atomic E-state index is 4.84. The van der Waals surface area contributed by atoms with Crippen molar-refractivity contribution in [1.29, 1.82) is 0 Å². The molecule has 1 fully saturated rings. The second kappa shape index (κ2) is 6.17. The van der Waals surface area contributed by atoms with E-state index < -0.39 is 0 Å². The van der Waals surface area contributed by atoms with E-state index in [0.717, 1.165) is 30.0 Å². The normalized spacial score (nSPS) is 17.0. The number of fused-ring (bicyclic) bond motifs is 1. The lowest BCUT2D eigenvalue weighted by molar-refractivity contribution is 0.377. The molecule has 3 nitrogen and oxygen atoms in total. The van der Waals surface area contributed by atoms with Crippen LogP contribution in [0.3, 0.4) is 0 Å². The second-order valence-corrected chi connectivity index (χ2v) is 6.22. The summed E-state index contributed by atoms with van der Waals surface area (Å²) in [6, 6.07) is 6.20. The molecular formula is C16H22BrN3. The smallest absolute Gasteiger partial charge is 0.152 e. The van der Waals surface area contributed by atoms with Gasteiger partial charge in [-0.05, 0) is 30.9 Å². The van der Waals surface area contributed by atoms with Gasteiger partial charge in [0, 0.05) is 24.6 Å². The van der Waals surface area contributed by atoms with Gasteiger partial charge in [0.05, 0.1) is 5.69 Å². The molecule has 0 bridgehead atoms. The van der Waals surface area contributed by atoms with Crippen LogP contribution < -0.4 is 4.90 Å². The standard InChI is InChI=1S/C16H22BrN3/c1-2-5-13-7-10-19(11-8-13)16-14(12-17)20-9-4-3-6-15(20)18-16/h3-4,6,9,13H,2,5,7-8,10-12H2,1H3. The van der Waals surface area contributed by atoms with Crippen LogP contribution in [0.1, 0.15) is 38.3 Å². The van der Waals surface area contributed by atoms with E-state index >= 15 is 0 Å². The third kappa shape index (κ3) is 2.58. The van der Waals surface area contributed by atoms with Gasteiger partial charge < -0.3 is 9.30 Å². The minimum absolute atomic E-state index is 0.850. The van der Waals surface area contributed by atoms with Crippen molar-refractivity contribution in [2.45, 2.75) is 37.9 Å². The van der Waals surface area contributed by atoms with Crippen molar-refractivity contribution in [2.75, 3.05) is 18.0 Å². The number of nitrogens with zero attached hydrogens (tertiary/aromatic N) is 3. The van der Waals surface area contributed by atoms with E-state index in [2.05, 4.69) is 56.6 Å². The van der Waals surface area contributed by atoms with E-state index in [-0.39, 0.29) is 0 Å². The van der Waals surface area contributed by atoms with Gasteiger partial charge in [0.15, 0.2) is 5.82 Å². The molecule has 0 aliphatic carbocycles. The van der Waals surface area contributed by atoms with E-state index in [9.17, 15) is 0 Å². The first kappa shape index (κ1) is 13.9. The molecule has 0 amide bonds. The molecule has 1 aliphatic rings. The van der Waals surface area contributed by atoms with Crippen molar-refractivity contribution in [3.05, 3.63) is 30.1 Å². The molecule has 0 atom stereocenters. The molecule has 1 aliphatic heterocycles. The summed E-state index contributed by atoms with van der Waals surface area (Å²) in [6.07, 6.45) is 7.41. The van der Waals surface area contributed by atoms with Gasteiger partial charge in [-0.1, -0.05) is 41.8 Å². The number of hydrogen-bond acceptors (Lipinski definition) is 2. The Balaban J connectivity index is 1.84. The van der Waals surface area contributed by atoms with Gasteiger partial charge in [0.2, 0.25) is 0 Å². The van der Waals surface area contributed by atoms with Crippen LogP contribution in [0.5, 0.6) is 0 Å². The number of piperidine rings is 1. The first-order valence-corrected chi connectivity index (χ1v) is 8.72. The molecule has 0 unspecified atom stereocenters. The molecule has 4 heteroatoms. The average molecular weight is 336 g/mol. The maximum atomic E-state index is 4.84. The second-order valence-electron chi connectivity index (χ2n) is 5.66. The molecule has 1 saturated heterocycles. The minimum Gasteiger partial charge on any atom is -0.355 e. The Morgan fingerprint density at radius 3 is 2.80 bits per heavy atom. The predicted octanol–water partition coefficient (Wildman–Crippen LogP) is 4.25. The molecular weight excluding hydrogens is 314 g/mol. The SMILES string of the molecule is CCCC1CCN(c2nc3ccccn3c2CBr)CC1. The summed E-state index contributed by atoms with van der Waals surface area (Å²) in [7, 11) is 0. The molecule has 108 valence electrons. The number of rotatable bonds is 4. The Morgan fingerprint density at radius 1 is 1.30 bits per heavy atom. The number of imidazole rings is 1. The number of anilines is 1. The summed E-state index contributed by atoms with van der Waals surface area (Å²) in [4.78, 5) is 7.31. The van der Waals surface area contributed by atoms with Crippen molar-refractivity contribution < 1.29 is 0 Å². The van der Waals surface area contributed by atoms with Gasteiger partial charge in [0.25, 0.3) is 0 Å². The highest BCUT2D eigenvalue weighted by molar-refractivity contribution is 9.08. The number of halogens is 1. The van der Waals surface area contributed by atoms with Crippen molar-refractivity contribution in [2.24, 2.45) is 5.92 Å². The zero-order chi connectivity index (χ0) is 13.9. The number of hydrogen-bond donors (Lipinski definition) is 0. The van der Waals surface area contributed by atoms with Crippen molar-refractivity contribution >= 4 is 27.4 Å². The van der Waals surface area contributed by atoms with E-state index in [1.165, 1.54) is 37.2 Å². The third-order valence-electron chi connectivity index (χ3n) is 4.35. The maximum Gasteiger partial charge on any atom is 0.152 e. The Kier molecular flexibility index (Phi) is 4.29. The molecule has 3 rings (SSSR count).